The van der Waals surface area contributed by atoms with Gasteiger partial charge in [0.25, 0.3) is 10.0 Å². The fourth-order valence-corrected chi connectivity index (χ4v) is 5.89. The maximum Gasteiger partial charge on any atom is 0.268 e. The lowest BCUT2D eigenvalue weighted by molar-refractivity contribution is 0.111. The second-order valence-corrected chi connectivity index (χ2v) is 10.4. The van der Waals surface area contributed by atoms with Crippen LogP contribution in [-0.4, -0.2) is 30.8 Å². The highest BCUT2D eigenvalue weighted by Gasteiger charge is 2.27. The third-order valence-corrected chi connectivity index (χ3v) is 7.89. The van der Waals surface area contributed by atoms with Gasteiger partial charge in [-0.05, 0) is 48.9 Å². The molecule has 9 heteroatoms. The SMILES string of the molecule is COCc1c(C=O)ncc2c1c1c(OCc3ccc(F)cc3)cccc1n2S(=O)(=O)c1ccc(C)cc1. The van der Waals surface area contributed by atoms with Crippen molar-refractivity contribution in [3.63, 3.8) is 0 Å². The molecular weight excluding hydrogens is 495 g/mol. The minimum Gasteiger partial charge on any atom is -0.488 e. The number of carbonyl (C=O) groups is 1. The molecule has 3 aromatic carbocycles. The summed E-state index contributed by atoms with van der Waals surface area (Å²) in [5.41, 5.74) is 2.93. The molecule has 0 fully saturated rings. The normalized spacial score (nSPS) is 11.8. The molecule has 0 aliphatic rings. The van der Waals surface area contributed by atoms with Gasteiger partial charge in [0.15, 0.2) is 6.29 Å². The highest BCUT2D eigenvalue weighted by molar-refractivity contribution is 7.90. The molecule has 0 unspecified atom stereocenters. The number of rotatable bonds is 8. The number of ether oxygens (including phenoxy) is 2. The van der Waals surface area contributed by atoms with Crippen LogP contribution in [0, 0.1) is 12.7 Å². The molecule has 0 atom stereocenters. The third kappa shape index (κ3) is 4.36. The van der Waals surface area contributed by atoms with Gasteiger partial charge in [0.2, 0.25) is 0 Å². The number of aryl methyl sites for hydroxylation is 1. The molecule has 7 nitrogen and oxygen atoms in total. The number of pyridine rings is 1. The first kappa shape index (κ1) is 24.6. The van der Waals surface area contributed by atoms with Crippen molar-refractivity contribution in [2.75, 3.05) is 7.11 Å². The van der Waals surface area contributed by atoms with E-state index in [1.165, 1.54) is 29.4 Å². The Labute approximate surface area is 213 Å². The minimum atomic E-state index is -4.06. The average Bonchev–Trinajstić information content (AvgIpc) is 3.25. The highest BCUT2D eigenvalue weighted by atomic mass is 32.2. The van der Waals surface area contributed by atoms with Crippen LogP contribution in [0.2, 0.25) is 0 Å². The van der Waals surface area contributed by atoms with Crippen LogP contribution in [-0.2, 0) is 28.0 Å². The lowest BCUT2D eigenvalue weighted by Crippen LogP contribution is -2.13. The van der Waals surface area contributed by atoms with Crippen molar-refractivity contribution < 1.29 is 27.1 Å². The standard InChI is InChI=1S/C28H23FN2O5S/c1-18-6-12-21(13-7-18)37(33,34)31-24-4-3-5-26(36-16-19-8-10-20(29)11-9-19)28(24)27-22(17-35-2)23(15-32)30-14-25(27)31/h3-15H,16-17H2,1-2H3. The molecule has 2 heterocycles. The molecule has 0 radical (unpaired) electrons. The largest absolute Gasteiger partial charge is 0.488 e. The van der Waals surface area contributed by atoms with Gasteiger partial charge in [0.1, 0.15) is 23.9 Å². The number of carbonyl (C=O) groups excluding carboxylic acids is 1. The monoisotopic (exact) mass is 518 g/mol. The summed E-state index contributed by atoms with van der Waals surface area (Å²) in [4.78, 5) is 16.2. The van der Waals surface area contributed by atoms with Crippen molar-refractivity contribution >= 4 is 38.1 Å². The Balaban J connectivity index is 1.80. The van der Waals surface area contributed by atoms with Gasteiger partial charge < -0.3 is 9.47 Å². The molecule has 188 valence electrons. The lowest BCUT2D eigenvalue weighted by Gasteiger charge is -2.11. The van der Waals surface area contributed by atoms with Gasteiger partial charge in [-0.3, -0.25) is 9.78 Å². The second kappa shape index (κ2) is 9.76. The van der Waals surface area contributed by atoms with Gasteiger partial charge in [-0.15, -0.1) is 0 Å². The molecule has 0 saturated heterocycles. The van der Waals surface area contributed by atoms with Crippen LogP contribution < -0.4 is 4.74 Å². The lowest BCUT2D eigenvalue weighted by atomic mass is 10.1. The summed E-state index contributed by atoms with van der Waals surface area (Å²) in [6.07, 6.45) is 2.00. The van der Waals surface area contributed by atoms with Crippen molar-refractivity contribution in [1.82, 2.24) is 8.96 Å². The van der Waals surface area contributed by atoms with Gasteiger partial charge in [-0.2, -0.15) is 0 Å². The van der Waals surface area contributed by atoms with Gasteiger partial charge in [0.05, 0.1) is 34.1 Å². The van der Waals surface area contributed by atoms with E-state index < -0.39 is 10.0 Å². The zero-order chi connectivity index (χ0) is 26.2. The molecule has 0 spiro atoms. The van der Waals surface area contributed by atoms with Crippen molar-refractivity contribution in [2.45, 2.75) is 25.0 Å². The van der Waals surface area contributed by atoms with Crippen LogP contribution in [0.15, 0.2) is 77.8 Å². The molecule has 0 bridgehead atoms. The van der Waals surface area contributed by atoms with Crippen molar-refractivity contribution in [1.29, 1.82) is 0 Å². The summed E-state index contributed by atoms with van der Waals surface area (Å²) < 4.78 is 54.0. The number of aromatic nitrogens is 2. The van der Waals surface area contributed by atoms with Crippen molar-refractivity contribution in [3.8, 4) is 5.75 Å². The Hall–Kier alpha value is -4.08. The number of methoxy groups -OCH3 is 1. The molecular formula is C28H23FN2O5S. The smallest absolute Gasteiger partial charge is 0.268 e. The van der Waals surface area contributed by atoms with E-state index in [0.717, 1.165) is 11.1 Å². The minimum absolute atomic E-state index is 0.0361. The third-order valence-electron chi connectivity index (χ3n) is 6.15. The van der Waals surface area contributed by atoms with E-state index in [9.17, 15) is 17.6 Å². The number of halogens is 1. The van der Waals surface area contributed by atoms with Gasteiger partial charge in [-0.1, -0.05) is 35.9 Å². The maximum atomic E-state index is 13.9. The fraction of sp³-hybridized carbons (Fsp3) is 0.143. The zero-order valence-corrected chi connectivity index (χ0v) is 21.0. The molecule has 37 heavy (non-hydrogen) atoms. The summed E-state index contributed by atoms with van der Waals surface area (Å²) in [6.45, 7) is 2.04. The van der Waals surface area contributed by atoms with E-state index >= 15 is 0 Å². The number of nitrogens with zero attached hydrogens (tertiary/aromatic N) is 2. The maximum absolute atomic E-state index is 13.9. The van der Waals surface area contributed by atoms with E-state index in [1.807, 2.05) is 6.92 Å². The van der Waals surface area contributed by atoms with E-state index in [2.05, 4.69) is 4.98 Å². The number of fused-ring (bicyclic) bond motifs is 3. The Morgan fingerprint density at radius 3 is 2.35 bits per heavy atom. The van der Waals surface area contributed by atoms with Crippen LogP contribution >= 0.6 is 0 Å². The quantitative estimate of drug-likeness (QED) is 0.255. The first-order valence-electron chi connectivity index (χ1n) is 11.4. The summed E-state index contributed by atoms with van der Waals surface area (Å²) in [5.74, 6) is 0.0541. The fourth-order valence-electron chi connectivity index (χ4n) is 4.39. The van der Waals surface area contributed by atoms with E-state index in [4.69, 9.17) is 9.47 Å². The van der Waals surface area contributed by atoms with Gasteiger partial charge >= 0.3 is 0 Å². The summed E-state index contributed by atoms with van der Waals surface area (Å²) in [6, 6.07) is 17.6. The van der Waals surface area contributed by atoms with Crippen molar-refractivity contribution in [2.24, 2.45) is 0 Å². The molecule has 0 amide bonds. The number of aldehydes is 1. The Morgan fingerprint density at radius 1 is 0.946 bits per heavy atom. The first-order valence-corrected chi connectivity index (χ1v) is 12.9. The predicted octanol–water partition coefficient (Wildman–Crippen LogP) is 5.41. The molecule has 2 aromatic heterocycles. The first-order chi connectivity index (χ1) is 17.8. The number of benzene rings is 3. The topological polar surface area (TPSA) is 87.5 Å². The summed E-state index contributed by atoms with van der Waals surface area (Å²) >= 11 is 0. The van der Waals surface area contributed by atoms with Crippen LogP contribution in [0.4, 0.5) is 4.39 Å². The van der Waals surface area contributed by atoms with Crippen LogP contribution in [0.25, 0.3) is 21.8 Å². The van der Waals surface area contributed by atoms with E-state index in [-0.39, 0.29) is 29.6 Å². The van der Waals surface area contributed by atoms with E-state index in [0.29, 0.717) is 39.4 Å². The van der Waals surface area contributed by atoms with Gasteiger partial charge in [-0.25, -0.2) is 16.8 Å². The second-order valence-electron chi connectivity index (χ2n) is 8.58. The van der Waals surface area contributed by atoms with Crippen LogP contribution in [0.3, 0.4) is 0 Å². The molecule has 5 aromatic rings. The molecule has 5 rings (SSSR count). The molecule has 0 aliphatic carbocycles. The molecule has 0 saturated carbocycles. The molecule has 0 aliphatic heterocycles. The Kier molecular flexibility index (Phi) is 6.49. The van der Waals surface area contributed by atoms with Crippen molar-refractivity contribution in [3.05, 3.63) is 101 Å². The number of hydrogen-bond donors (Lipinski definition) is 0. The van der Waals surface area contributed by atoms with E-state index in [1.54, 1.807) is 54.6 Å². The molecule has 0 N–H and O–H groups in total. The zero-order valence-electron chi connectivity index (χ0n) is 20.1. The van der Waals surface area contributed by atoms with Crippen LogP contribution in [0.5, 0.6) is 5.75 Å². The highest BCUT2D eigenvalue weighted by Crippen LogP contribution is 2.40. The summed E-state index contributed by atoms with van der Waals surface area (Å²) in [5, 5.41) is 1.01. The predicted molar refractivity (Wildman–Crippen MR) is 138 cm³/mol. The Morgan fingerprint density at radius 2 is 1.68 bits per heavy atom. The van der Waals surface area contributed by atoms with Gasteiger partial charge in [0, 0.05) is 18.1 Å². The average molecular weight is 519 g/mol. The van der Waals surface area contributed by atoms with Crippen LogP contribution in [0.1, 0.15) is 27.2 Å². The number of hydrogen-bond acceptors (Lipinski definition) is 6. The summed E-state index contributed by atoms with van der Waals surface area (Å²) in [7, 11) is -2.57. The Bertz CT molecular complexity index is 1730.